The second-order valence-corrected chi connectivity index (χ2v) is 6.58. The van der Waals surface area contributed by atoms with E-state index in [4.69, 9.17) is 9.88 Å². The zero-order chi connectivity index (χ0) is 14.8. The molecule has 20 heavy (non-hydrogen) atoms. The Morgan fingerprint density at radius 2 is 2.00 bits per heavy atom. The van der Waals surface area contributed by atoms with Gasteiger partial charge in [0.05, 0.1) is 7.11 Å². The molecule has 0 aromatic heterocycles. The van der Waals surface area contributed by atoms with Gasteiger partial charge in [0.25, 0.3) is 10.2 Å². The van der Waals surface area contributed by atoms with Crippen molar-refractivity contribution >= 4 is 10.2 Å². The highest BCUT2D eigenvalue weighted by Crippen LogP contribution is 2.22. The van der Waals surface area contributed by atoms with Gasteiger partial charge in [-0.1, -0.05) is 19.1 Å². The van der Waals surface area contributed by atoms with E-state index in [0.717, 1.165) is 12.3 Å². The minimum atomic E-state index is -3.59. The van der Waals surface area contributed by atoms with Gasteiger partial charge in [-0.15, -0.1) is 0 Å². The van der Waals surface area contributed by atoms with Crippen LogP contribution in [0.3, 0.4) is 0 Å². The van der Waals surface area contributed by atoms with Crippen molar-refractivity contribution in [3.05, 3.63) is 29.8 Å². The number of hydrogen-bond donors (Lipinski definition) is 2. The van der Waals surface area contributed by atoms with Gasteiger partial charge in [0, 0.05) is 25.7 Å². The summed E-state index contributed by atoms with van der Waals surface area (Å²) in [7, 11) is -1.94. The second kappa shape index (κ2) is 6.09. The number of rotatable bonds is 6. The number of benzene rings is 1. The molecule has 1 unspecified atom stereocenters. The van der Waals surface area contributed by atoms with Gasteiger partial charge >= 0.3 is 0 Å². The molecular formula is C13H21N3O3S. The molecule has 1 saturated heterocycles. The molecule has 3 N–H and O–H groups in total. The van der Waals surface area contributed by atoms with Crippen molar-refractivity contribution in [2.45, 2.75) is 18.9 Å². The van der Waals surface area contributed by atoms with E-state index in [1.54, 1.807) is 7.11 Å². The molecule has 6 nitrogen and oxygen atoms in total. The third-order valence-corrected chi connectivity index (χ3v) is 4.17. The van der Waals surface area contributed by atoms with Crippen molar-refractivity contribution in [2.75, 3.05) is 26.7 Å². The monoisotopic (exact) mass is 299 g/mol. The lowest BCUT2D eigenvalue weighted by molar-refractivity contribution is 0.134. The van der Waals surface area contributed by atoms with Gasteiger partial charge in [-0.3, -0.25) is 4.90 Å². The molecular weight excluding hydrogens is 278 g/mol. The van der Waals surface area contributed by atoms with Gasteiger partial charge in [0.2, 0.25) is 0 Å². The molecule has 1 aliphatic heterocycles. The van der Waals surface area contributed by atoms with E-state index < -0.39 is 10.2 Å². The normalized spacial score (nSPS) is 18.6. The molecule has 1 aliphatic rings. The Bertz CT molecular complexity index is 538. The molecule has 0 bridgehead atoms. The molecule has 0 radical (unpaired) electrons. The Balaban J connectivity index is 1.80. The summed E-state index contributed by atoms with van der Waals surface area (Å²) < 4.78 is 29.3. The summed E-state index contributed by atoms with van der Waals surface area (Å²) in [5.74, 6) is 1.23. The first-order valence-electron chi connectivity index (χ1n) is 6.54. The Labute approximate surface area is 120 Å². The van der Waals surface area contributed by atoms with E-state index in [1.165, 1.54) is 5.56 Å². The van der Waals surface area contributed by atoms with Gasteiger partial charge in [-0.2, -0.15) is 13.1 Å². The summed E-state index contributed by atoms with van der Waals surface area (Å²) >= 11 is 0. The van der Waals surface area contributed by atoms with Crippen LogP contribution in [0.2, 0.25) is 0 Å². The highest BCUT2D eigenvalue weighted by molar-refractivity contribution is 7.87. The van der Waals surface area contributed by atoms with E-state index in [1.807, 2.05) is 12.1 Å². The lowest BCUT2D eigenvalue weighted by atomic mass is 9.98. The van der Waals surface area contributed by atoms with E-state index in [0.29, 0.717) is 19.0 Å². The Morgan fingerprint density at radius 1 is 1.40 bits per heavy atom. The largest absolute Gasteiger partial charge is 0.497 e. The van der Waals surface area contributed by atoms with Gasteiger partial charge in [-0.25, -0.2) is 5.14 Å². The van der Waals surface area contributed by atoms with Crippen LogP contribution in [0.25, 0.3) is 0 Å². The molecule has 0 amide bonds. The number of methoxy groups -OCH3 is 1. The topological polar surface area (TPSA) is 84.7 Å². The smallest absolute Gasteiger partial charge is 0.274 e. The standard InChI is InChI=1S/C13H21N3O3S/c1-10(11-3-5-13(19-2)6-4-11)7-16-8-12(9-16)15-20(14,17)18/h3-6,10,12,15H,7-9H2,1-2H3,(H2,14,17,18). The van der Waals surface area contributed by atoms with Crippen LogP contribution in [0.1, 0.15) is 18.4 Å². The number of nitrogens with zero attached hydrogens (tertiary/aromatic N) is 1. The fraction of sp³-hybridized carbons (Fsp3) is 0.538. The average Bonchev–Trinajstić information content (AvgIpc) is 2.34. The molecule has 1 atom stereocenters. The number of likely N-dealkylation sites (tertiary alicyclic amines) is 1. The zero-order valence-electron chi connectivity index (χ0n) is 11.7. The Morgan fingerprint density at radius 3 is 2.50 bits per heavy atom. The minimum absolute atomic E-state index is 0.0620. The van der Waals surface area contributed by atoms with Crippen LogP contribution in [-0.2, 0) is 10.2 Å². The highest BCUT2D eigenvalue weighted by atomic mass is 32.2. The maximum atomic E-state index is 10.9. The first-order chi connectivity index (χ1) is 9.37. The van der Waals surface area contributed by atoms with E-state index in [9.17, 15) is 8.42 Å². The van der Waals surface area contributed by atoms with Gasteiger partial charge < -0.3 is 4.74 Å². The molecule has 112 valence electrons. The molecule has 1 heterocycles. The summed E-state index contributed by atoms with van der Waals surface area (Å²) in [6, 6.07) is 7.96. The quantitative estimate of drug-likeness (QED) is 0.790. The van der Waals surface area contributed by atoms with Crippen molar-refractivity contribution in [2.24, 2.45) is 5.14 Å². The van der Waals surface area contributed by atoms with Crippen LogP contribution < -0.4 is 14.6 Å². The van der Waals surface area contributed by atoms with Crippen molar-refractivity contribution in [1.82, 2.24) is 9.62 Å². The number of hydrogen-bond acceptors (Lipinski definition) is 4. The third kappa shape index (κ3) is 4.17. The molecule has 1 fully saturated rings. The summed E-state index contributed by atoms with van der Waals surface area (Å²) in [5, 5.41) is 4.94. The molecule has 1 aromatic carbocycles. The molecule has 7 heteroatoms. The second-order valence-electron chi connectivity index (χ2n) is 5.25. The van der Waals surface area contributed by atoms with E-state index >= 15 is 0 Å². The van der Waals surface area contributed by atoms with Crippen molar-refractivity contribution in [1.29, 1.82) is 0 Å². The molecule has 0 aliphatic carbocycles. The van der Waals surface area contributed by atoms with Crippen LogP contribution in [0.4, 0.5) is 0 Å². The lowest BCUT2D eigenvalue weighted by Gasteiger charge is -2.40. The summed E-state index contributed by atoms with van der Waals surface area (Å²) in [4.78, 5) is 2.21. The van der Waals surface area contributed by atoms with Crippen molar-refractivity contribution in [3.63, 3.8) is 0 Å². The van der Waals surface area contributed by atoms with Crippen LogP contribution in [0, 0.1) is 0 Å². The Hall–Kier alpha value is -1.15. The van der Waals surface area contributed by atoms with Crippen LogP contribution in [-0.4, -0.2) is 46.1 Å². The van der Waals surface area contributed by atoms with Crippen molar-refractivity contribution in [3.8, 4) is 5.75 Å². The first-order valence-corrected chi connectivity index (χ1v) is 8.08. The summed E-state index contributed by atoms with van der Waals surface area (Å²) in [6.45, 7) is 4.46. The predicted molar refractivity (Wildman–Crippen MR) is 77.9 cm³/mol. The van der Waals surface area contributed by atoms with Gasteiger partial charge in [0.1, 0.15) is 5.75 Å². The average molecular weight is 299 g/mol. The van der Waals surface area contributed by atoms with Gasteiger partial charge in [0.15, 0.2) is 0 Å². The fourth-order valence-corrected chi connectivity index (χ4v) is 3.06. The first kappa shape index (κ1) is 15.2. The molecule has 0 spiro atoms. The SMILES string of the molecule is COc1ccc(C(C)CN2CC(NS(N)(=O)=O)C2)cc1. The van der Waals surface area contributed by atoms with E-state index in [-0.39, 0.29) is 6.04 Å². The maximum Gasteiger partial charge on any atom is 0.274 e. The van der Waals surface area contributed by atoms with Crippen LogP contribution in [0.15, 0.2) is 24.3 Å². The maximum absolute atomic E-state index is 10.9. The van der Waals surface area contributed by atoms with Crippen LogP contribution >= 0.6 is 0 Å². The zero-order valence-corrected chi connectivity index (χ0v) is 12.6. The Kier molecular flexibility index (Phi) is 4.64. The predicted octanol–water partition coefficient (Wildman–Crippen LogP) is 0.276. The summed E-state index contributed by atoms with van der Waals surface area (Å²) in [5.41, 5.74) is 1.24. The summed E-state index contributed by atoms with van der Waals surface area (Å²) in [6.07, 6.45) is 0. The van der Waals surface area contributed by atoms with E-state index in [2.05, 4.69) is 28.7 Å². The molecule has 1 aromatic rings. The fourth-order valence-electron chi connectivity index (χ4n) is 2.45. The number of ether oxygens (including phenoxy) is 1. The third-order valence-electron chi connectivity index (χ3n) is 3.51. The molecule has 0 saturated carbocycles. The number of nitrogens with one attached hydrogen (secondary N) is 1. The van der Waals surface area contributed by atoms with Crippen molar-refractivity contribution < 1.29 is 13.2 Å². The highest BCUT2D eigenvalue weighted by Gasteiger charge is 2.29. The van der Waals surface area contributed by atoms with Crippen LogP contribution in [0.5, 0.6) is 5.75 Å². The van der Waals surface area contributed by atoms with Gasteiger partial charge in [-0.05, 0) is 23.6 Å². The molecule has 2 rings (SSSR count). The lowest BCUT2D eigenvalue weighted by Crippen LogP contribution is -2.60. The minimum Gasteiger partial charge on any atom is -0.497 e. The number of nitrogens with two attached hydrogens (primary N) is 1.